The number of rotatable bonds is 7. The minimum atomic E-state index is -0.190. The summed E-state index contributed by atoms with van der Waals surface area (Å²) >= 11 is 0. The summed E-state index contributed by atoms with van der Waals surface area (Å²) in [6.45, 7) is 21.1. The standard InChI is InChI=1S/C71H64N2/c1-46-52-29-13-14-32-56(52)67-58(36-23-41-64(67)72(46)51-27-11-10-12-28-51)55-31-17-20-40-63(55)73(65-42-24-38-61-68(65)59-33-15-18-37-60(59)71(61,8)9)62-39-19-16-30-54(62)57-35-22-26-47-25-21-34-53(66(47)57)48-43-49(69(2,3)4)45-50(44-48)70(5,6)7/h10-46H,1-9H3/t46-/m1/s1. The molecule has 0 bridgehead atoms. The first kappa shape index (κ1) is 46.2. The van der Waals surface area contributed by atoms with Gasteiger partial charge < -0.3 is 9.80 Å². The Morgan fingerprint density at radius 2 is 0.904 bits per heavy atom. The third-order valence-electron chi connectivity index (χ3n) is 16.0. The van der Waals surface area contributed by atoms with E-state index in [1.165, 1.54) is 106 Å². The van der Waals surface area contributed by atoms with Crippen LogP contribution in [-0.4, -0.2) is 0 Å². The highest BCUT2D eigenvalue weighted by Gasteiger charge is 2.39. The number of anilines is 5. The van der Waals surface area contributed by atoms with Crippen molar-refractivity contribution in [3.05, 3.63) is 246 Å². The molecule has 1 aliphatic heterocycles. The fourth-order valence-electron chi connectivity index (χ4n) is 12.2. The molecule has 0 unspecified atom stereocenters. The second-order valence-electron chi connectivity index (χ2n) is 22.9. The summed E-state index contributed by atoms with van der Waals surface area (Å²) in [5.41, 5.74) is 24.6. The number of hydrogen-bond donors (Lipinski definition) is 0. The third kappa shape index (κ3) is 7.61. The van der Waals surface area contributed by atoms with Gasteiger partial charge in [0.15, 0.2) is 0 Å². The molecule has 2 nitrogen and oxygen atoms in total. The van der Waals surface area contributed by atoms with Gasteiger partial charge in [-0.3, -0.25) is 0 Å². The molecule has 2 heteroatoms. The van der Waals surface area contributed by atoms with E-state index in [0.29, 0.717) is 0 Å². The molecule has 0 saturated carbocycles. The Labute approximate surface area is 433 Å². The van der Waals surface area contributed by atoms with E-state index >= 15 is 0 Å². The molecule has 0 N–H and O–H groups in total. The molecule has 0 saturated heterocycles. The molecule has 1 aliphatic carbocycles. The summed E-state index contributed by atoms with van der Waals surface area (Å²) in [6, 6.07) is 82.4. The largest absolute Gasteiger partial charge is 0.334 e. The lowest BCUT2D eigenvalue weighted by Crippen LogP contribution is -2.26. The zero-order chi connectivity index (χ0) is 50.4. The Hall–Kier alpha value is -7.94. The zero-order valence-corrected chi connectivity index (χ0v) is 43.8. The summed E-state index contributed by atoms with van der Waals surface area (Å²) in [4.78, 5) is 5.13. The number of benzene rings is 10. The maximum atomic E-state index is 2.60. The van der Waals surface area contributed by atoms with Gasteiger partial charge in [0, 0.05) is 33.4 Å². The summed E-state index contributed by atoms with van der Waals surface area (Å²) in [7, 11) is 0. The second kappa shape index (κ2) is 17.4. The molecule has 0 aromatic heterocycles. The van der Waals surface area contributed by atoms with Gasteiger partial charge in [-0.2, -0.15) is 0 Å². The molecule has 0 spiro atoms. The third-order valence-corrected chi connectivity index (χ3v) is 16.0. The monoisotopic (exact) mass is 945 g/mol. The van der Waals surface area contributed by atoms with Crippen LogP contribution in [0.2, 0.25) is 0 Å². The topological polar surface area (TPSA) is 6.48 Å². The number of hydrogen-bond acceptors (Lipinski definition) is 2. The minimum absolute atomic E-state index is 0.0226. The molecule has 12 rings (SSSR count). The summed E-state index contributed by atoms with van der Waals surface area (Å²) in [5.74, 6) is 0. The van der Waals surface area contributed by atoms with Crippen molar-refractivity contribution in [2.45, 2.75) is 84.6 Å². The average Bonchev–Trinajstić information content (AvgIpc) is 3.65. The maximum Gasteiger partial charge on any atom is 0.0569 e. The lowest BCUT2D eigenvalue weighted by atomic mass is 9.78. The molecular formula is C71H64N2. The van der Waals surface area contributed by atoms with Crippen molar-refractivity contribution < 1.29 is 0 Å². The molecule has 10 aromatic rings. The summed E-state index contributed by atoms with van der Waals surface area (Å²) < 4.78 is 0. The van der Waals surface area contributed by atoms with Crippen molar-refractivity contribution in [2.24, 2.45) is 0 Å². The molecule has 73 heavy (non-hydrogen) atoms. The Balaban J connectivity index is 1.15. The van der Waals surface area contributed by atoms with Crippen molar-refractivity contribution in [2.75, 3.05) is 9.80 Å². The highest BCUT2D eigenvalue weighted by Crippen LogP contribution is 2.58. The SMILES string of the molecule is C[C@@H]1c2ccccc2-c2c(-c3ccccc3N(c3ccccc3-c3cccc4cccc(-c5cc(C(C)(C)C)cc(C(C)(C)C)c5)c34)c3cccc4c3-c3ccccc3C4(C)C)cccc2N1c1ccccc1. The van der Waals surface area contributed by atoms with Gasteiger partial charge in [-0.1, -0.05) is 237 Å². The van der Waals surface area contributed by atoms with E-state index in [9.17, 15) is 0 Å². The van der Waals surface area contributed by atoms with Crippen LogP contribution in [0, 0.1) is 0 Å². The molecular weight excluding hydrogens is 881 g/mol. The lowest BCUT2D eigenvalue weighted by Gasteiger charge is -2.40. The first-order chi connectivity index (χ1) is 35.2. The van der Waals surface area contributed by atoms with Gasteiger partial charge in [-0.05, 0) is 126 Å². The van der Waals surface area contributed by atoms with E-state index < -0.39 is 0 Å². The number of para-hydroxylation sites is 3. The van der Waals surface area contributed by atoms with E-state index in [0.717, 1.165) is 17.1 Å². The van der Waals surface area contributed by atoms with Crippen LogP contribution in [0.5, 0.6) is 0 Å². The van der Waals surface area contributed by atoms with Gasteiger partial charge in [0.2, 0.25) is 0 Å². The van der Waals surface area contributed by atoms with E-state index in [1.807, 2.05) is 0 Å². The van der Waals surface area contributed by atoms with Crippen LogP contribution in [-0.2, 0) is 16.2 Å². The lowest BCUT2D eigenvalue weighted by molar-refractivity contribution is 0.569. The van der Waals surface area contributed by atoms with Gasteiger partial charge in [0.1, 0.15) is 0 Å². The van der Waals surface area contributed by atoms with Gasteiger partial charge in [0.25, 0.3) is 0 Å². The van der Waals surface area contributed by atoms with Crippen LogP contribution in [0.4, 0.5) is 28.4 Å². The highest BCUT2D eigenvalue weighted by molar-refractivity contribution is 6.11. The van der Waals surface area contributed by atoms with E-state index in [-0.39, 0.29) is 22.3 Å². The van der Waals surface area contributed by atoms with Crippen LogP contribution < -0.4 is 9.80 Å². The van der Waals surface area contributed by atoms with Crippen LogP contribution in [0.15, 0.2) is 218 Å². The first-order valence-electron chi connectivity index (χ1n) is 26.2. The molecule has 1 heterocycles. The smallest absolute Gasteiger partial charge is 0.0569 e. The molecule has 2 aliphatic rings. The Bertz CT molecular complexity index is 3730. The fraction of sp³-hybridized carbons (Fsp3) is 0.183. The predicted molar refractivity (Wildman–Crippen MR) is 312 cm³/mol. The van der Waals surface area contributed by atoms with Crippen LogP contribution in [0.3, 0.4) is 0 Å². The van der Waals surface area contributed by atoms with Crippen LogP contribution >= 0.6 is 0 Å². The maximum absolute atomic E-state index is 2.60. The zero-order valence-electron chi connectivity index (χ0n) is 43.8. The van der Waals surface area contributed by atoms with E-state index in [2.05, 4.69) is 291 Å². The fourth-order valence-corrected chi connectivity index (χ4v) is 12.2. The van der Waals surface area contributed by atoms with Gasteiger partial charge in [0.05, 0.1) is 28.8 Å². The first-order valence-corrected chi connectivity index (χ1v) is 26.2. The molecule has 10 aromatic carbocycles. The molecule has 358 valence electrons. The van der Waals surface area contributed by atoms with Gasteiger partial charge in [-0.15, -0.1) is 0 Å². The van der Waals surface area contributed by atoms with Crippen molar-refractivity contribution in [1.29, 1.82) is 0 Å². The van der Waals surface area contributed by atoms with Crippen molar-refractivity contribution in [3.63, 3.8) is 0 Å². The molecule has 0 amide bonds. The molecule has 0 fully saturated rings. The predicted octanol–water partition coefficient (Wildman–Crippen LogP) is 20.1. The average molecular weight is 945 g/mol. The van der Waals surface area contributed by atoms with Crippen LogP contribution in [0.25, 0.3) is 66.4 Å². The van der Waals surface area contributed by atoms with Crippen molar-refractivity contribution in [1.82, 2.24) is 0 Å². The molecule has 1 atom stereocenters. The number of nitrogens with zero attached hydrogens (tertiary/aromatic N) is 2. The highest BCUT2D eigenvalue weighted by atomic mass is 15.2. The Kier molecular flexibility index (Phi) is 11.0. The number of fused-ring (bicyclic) bond motifs is 7. The van der Waals surface area contributed by atoms with Gasteiger partial charge >= 0.3 is 0 Å². The Morgan fingerprint density at radius 3 is 1.58 bits per heavy atom. The second-order valence-corrected chi connectivity index (χ2v) is 22.9. The minimum Gasteiger partial charge on any atom is -0.334 e. The van der Waals surface area contributed by atoms with Crippen molar-refractivity contribution in [3.8, 4) is 55.6 Å². The van der Waals surface area contributed by atoms with E-state index in [4.69, 9.17) is 0 Å². The van der Waals surface area contributed by atoms with Crippen LogP contribution in [0.1, 0.15) is 96.2 Å². The van der Waals surface area contributed by atoms with E-state index in [1.54, 1.807) is 0 Å². The summed E-state index contributed by atoms with van der Waals surface area (Å²) in [5, 5.41) is 2.48. The summed E-state index contributed by atoms with van der Waals surface area (Å²) in [6.07, 6.45) is 0. The Morgan fingerprint density at radius 1 is 0.411 bits per heavy atom. The van der Waals surface area contributed by atoms with Crippen molar-refractivity contribution >= 4 is 39.2 Å². The molecule has 0 radical (unpaired) electrons. The van der Waals surface area contributed by atoms with Gasteiger partial charge in [-0.25, -0.2) is 0 Å². The quantitative estimate of drug-likeness (QED) is 0.157. The normalized spacial score (nSPS) is 14.6.